The number of ether oxygens (including phenoxy) is 1. The van der Waals surface area contributed by atoms with E-state index >= 15 is 0 Å². The van der Waals surface area contributed by atoms with Gasteiger partial charge in [-0.15, -0.1) is 0 Å². The maximum atomic E-state index is 13.2. The number of allylic oxidation sites excluding steroid dienone is 1. The summed E-state index contributed by atoms with van der Waals surface area (Å²) in [5, 5.41) is 0.244. The Kier molecular flexibility index (Phi) is 5.43. The minimum Gasteiger partial charge on any atom is -0.461 e. The molecule has 15 heavy (non-hydrogen) atoms. The van der Waals surface area contributed by atoms with Crippen molar-refractivity contribution in [3.8, 4) is 0 Å². The predicted molar refractivity (Wildman–Crippen MR) is 54.3 cm³/mol. The molecule has 0 N–H and O–H groups in total. The van der Waals surface area contributed by atoms with E-state index in [-0.39, 0.29) is 11.6 Å². The second-order valence-electron chi connectivity index (χ2n) is 2.73. The smallest absolute Gasteiger partial charge is 0.383 e. The van der Waals surface area contributed by atoms with Crippen LogP contribution >= 0.6 is 11.6 Å². The molecule has 0 atom stereocenters. The van der Waals surface area contributed by atoms with Crippen molar-refractivity contribution in [2.45, 2.75) is 26.7 Å². The number of esters is 1. The third-order valence-electron chi connectivity index (χ3n) is 1.42. The largest absolute Gasteiger partial charge is 0.461 e. The van der Waals surface area contributed by atoms with Crippen molar-refractivity contribution in [2.75, 3.05) is 6.61 Å². The maximum absolute atomic E-state index is 13.2. The Labute approximate surface area is 91.8 Å². The first kappa shape index (κ1) is 14.0. The van der Waals surface area contributed by atoms with E-state index in [9.17, 15) is 13.6 Å². The van der Waals surface area contributed by atoms with Crippen LogP contribution in [0.2, 0.25) is 0 Å². The average molecular weight is 240 g/mol. The van der Waals surface area contributed by atoms with Crippen molar-refractivity contribution in [3.05, 3.63) is 11.2 Å². The van der Waals surface area contributed by atoms with E-state index in [1.807, 2.05) is 0 Å². The van der Waals surface area contributed by atoms with E-state index in [4.69, 9.17) is 11.6 Å². The molecule has 86 valence electrons. The zero-order valence-corrected chi connectivity index (χ0v) is 9.44. The summed E-state index contributed by atoms with van der Waals surface area (Å²) in [6.45, 7) is 3.86. The first-order valence-electron chi connectivity index (χ1n) is 4.24. The standard InChI is InChI=1S/C9H12ClF2NO2/c1-4-15-8(14)9(11,12)7(3)13-5-6(2)10/h5H,4H2,1-3H3/b6-5+,13-7?. The molecule has 0 rings (SSSR count). The Morgan fingerprint density at radius 1 is 1.53 bits per heavy atom. The summed E-state index contributed by atoms with van der Waals surface area (Å²) in [6, 6.07) is 0. The summed E-state index contributed by atoms with van der Waals surface area (Å²) in [4.78, 5) is 14.2. The fraction of sp³-hybridized carbons (Fsp3) is 0.556. The molecule has 0 amide bonds. The fourth-order valence-corrected chi connectivity index (χ4v) is 0.685. The number of carbonyl (C=O) groups excluding carboxylic acids is 1. The molecule has 0 bridgehead atoms. The van der Waals surface area contributed by atoms with Gasteiger partial charge in [-0.3, -0.25) is 4.99 Å². The van der Waals surface area contributed by atoms with Crippen LogP contribution in [0.4, 0.5) is 8.78 Å². The van der Waals surface area contributed by atoms with Gasteiger partial charge in [0.2, 0.25) is 0 Å². The molecule has 3 nitrogen and oxygen atoms in total. The molecule has 0 spiro atoms. The molecular weight excluding hydrogens is 228 g/mol. The summed E-state index contributed by atoms with van der Waals surface area (Å²) in [7, 11) is 0. The summed E-state index contributed by atoms with van der Waals surface area (Å²) in [5.41, 5.74) is -0.652. The average Bonchev–Trinajstić information content (AvgIpc) is 2.14. The van der Waals surface area contributed by atoms with Gasteiger partial charge in [-0.2, -0.15) is 8.78 Å². The van der Waals surface area contributed by atoms with Crippen LogP contribution in [0.1, 0.15) is 20.8 Å². The van der Waals surface area contributed by atoms with Crippen molar-refractivity contribution >= 4 is 23.3 Å². The van der Waals surface area contributed by atoms with Gasteiger partial charge in [0.1, 0.15) is 0 Å². The van der Waals surface area contributed by atoms with Gasteiger partial charge in [0, 0.05) is 11.2 Å². The van der Waals surface area contributed by atoms with Crippen molar-refractivity contribution in [2.24, 2.45) is 4.99 Å². The Morgan fingerprint density at radius 2 is 2.07 bits per heavy atom. The molecule has 0 aromatic heterocycles. The lowest BCUT2D eigenvalue weighted by molar-refractivity contribution is -0.162. The number of alkyl halides is 2. The molecule has 0 radical (unpaired) electrons. The second kappa shape index (κ2) is 5.80. The van der Waals surface area contributed by atoms with E-state index in [0.29, 0.717) is 0 Å². The molecule has 0 saturated carbocycles. The zero-order valence-electron chi connectivity index (χ0n) is 8.68. The van der Waals surface area contributed by atoms with Gasteiger partial charge in [-0.25, -0.2) is 4.79 Å². The zero-order chi connectivity index (χ0) is 12.1. The highest BCUT2D eigenvalue weighted by atomic mass is 35.5. The van der Waals surface area contributed by atoms with Crippen LogP contribution in [0.15, 0.2) is 16.2 Å². The summed E-state index contributed by atoms with van der Waals surface area (Å²) < 4.78 is 30.6. The van der Waals surface area contributed by atoms with E-state index in [0.717, 1.165) is 13.1 Å². The second-order valence-corrected chi connectivity index (χ2v) is 3.32. The molecule has 0 fully saturated rings. The van der Waals surface area contributed by atoms with Gasteiger partial charge in [0.05, 0.1) is 12.3 Å². The Balaban J connectivity index is 4.79. The van der Waals surface area contributed by atoms with Crippen LogP contribution in [-0.4, -0.2) is 24.2 Å². The van der Waals surface area contributed by atoms with Crippen molar-refractivity contribution in [1.29, 1.82) is 0 Å². The maximum Gasteiger partial charge on any atom is 0.383 e. The Hall–Kier alpha value is -0.970. The topological polar surface area (TPSA) is 38.7 Å². The number of aliphatic imine (C=N–C) groups is 1. The number of rotatable bonds is 4. The Morgan fingerprint density at radius 3 is 2.47 bits per heavy atom. The quantitative estimate of drug-likeness (QED) is 0.559. The molecule has 0 aliphatic heterocycles. The highest BCUT2D eigenvalue weighted by Gasteiger charge is 2.43. The summed E-state index contributed by atoms with van der Waals surface area (Å²) >= 11 is 5.41. The van der Waals surface area contributed by atoms with Crippen LogP contribution in [0.25, 0.3) is 0 Å². The predicted octanol–water partition coefficient (Wildman–Crippen LogP) is 2.75. The van der Waals surface area contributed by atoms with Crippen LogP contribution < -0.4 is 0 Å². The van der Waals surface area contributed by atoms with E-state index in [2.05, 4.69) is 9.73 Å². The van der Waals surface area contributed by atoms with Crippen molar-refractivity contribution in [3.63, 3.8) is 0 Å². The van der Waals surface area contributed by atoms with Gasteiger partial charge in [0.25, 0.3) is 0 Å². The monoisotopic (exact) mass is 239 g/mol. The SMILES string of the molecule is CCOC(=O)C(F)(F)C(C)=N/C=C(\C)Cl. The van der Waals surface area contributed by atoms with Crippen LogP contribution in [0, 0.1) is 0 Å². The highest BCUT2D eigenvalue weighted by Crippen LogP contribution is 2.18. The molecule has 0 heterocycles. The lowest BCUT2D eigenvalue weighted by atomic mass is 10.2. The molecule has 0 aliphatic rings. The summed E-state index contributed by atoms with van der Waals surface area (Å²) in [5.74, 6) is -5.31. The minimum absolute atomic E-state index is 0.105. The van der Waals surface area contributed by atoms with Gasteiger partial charge in [-0.05, 0) is 20.8 Å². The Bertz CT molecular complexity index is 296. The van der Waals surface area contributed by atoms with Gasteiger partial charge < -0.3 is 4.74 Å². The van der Waals surface area contributed by atoms with E-state index < -0.39 is 17.6 Å². The number of hydrogen-bond acceptors (Lipinski definition) is 3. The normalized spacial score (nSPS) is 14.0. The first-order chi connectivity index (χ1) is 6.82. The first-order valence-corrected chi connectivity index (χ1v) is 4.62. The number of carbonyl (C=O) groups is 1. The van der Waals surface area contributed by atoms with E-state index in [1.165, 1.54) is 13.8 Å². The fourth-order valence-electron chi connectivity index (χ4n) is 0.636. The van der Waals surface area contributed by atoms with Crippen molar-refractivity contribution < 1.29 is 18.3 Å². The van der Waals surface area contributed by atoms with Crippen LogP contribution in [0.3, 0.4) is 0 Å². The molecule has 0 saturated heterocycles. The molecule has 0 aromatic carbocycles. The molecule has 6 heteroatoms. The highest BCUT2D eigenvalue weighted by molar-refractivity contribution is 6.29. The van der Waals surface area contributed by atoms with Crippen molar-refractivity contribution in [1.82, 2.24) is 0 Å². The third kappa shape index (κ3) is 4.38. The number of halogens is 3. The molecule has 0 unspecified atom stereocenters. The summed E-state index contributed by atoms with van der Waals surface area (Å²) in [6.07, 6.45) is 1.05. The third-order valence-corrected chi connectivity index (χ3v) is 1.52. The number of nitrogens with zero attached hydrogens (tertiary/aromatic N) is 1. The number of hydrogen-bond donors (Lipinski definition) is 0. The molecular formula is C9H12ClF2NO2. The minimum atomic E-state index is -3.71. The molecule has 0 aliphatic carbocycles. The van der Waals surface area contributed by atoms with Gasteiger partial charge >= 0.3 is 11.9 Å². The lowest BCUT2D eigenvalue weighted by Crippen LogP contribution is -2.37. The van der Waals surface area contributed by atoms with Crippen LogP contribution in [0.5, 0.6) is 0 Å². The van der Waals surface area contributed by atoms with Crippen LogP contribution in [-0.2, 0) is 9.53 Å². The van der Waals surface area contributed by atoms with Gasteiger partial charge in [-0.1, -0.05) is 11.6 Å². The molecule has 0 aromatic rings. The van der Waals surface area contributed by atoms with E-state index in [1.54, 1.807) is 0 Å². The van der Waals surface area contributed by atoms with Gasteiger partial charge in [0.15, 0.2) is 0 Å². The lowest BCUT2D eigenvalue weighted by Gasteiger charge is -2.13.